The van der Waals surface area contributed by atoms with Crippen LogP contribution in [-0.4, -0.2) is 26.3 Å². The summed E-state index contributed by atoms with van der Waals surface area (Å²) in [5.74, 6) is 1.37. The molecule has 2 atom stereocenters. The molecule has 2 aromatic heterocycles. The van der Waals surface area contributed by atoms with Gasteiger partial charge in [-0.1, -0.05) is 11.6 Å². The van der Waals surface area contributed by atoms with E-state index < -0.39 is 0 Å². The summed E-state index contributed by atoms with van der Waals surface area (Å²) in [6, 6.07) is 0.260. The Labute approximate surface area is 135 Å². The zero-order chi connectivity index (χ0) is 14.6. The second-order valence-electron chi connectivity index (χ2n) is 5.74. The van der Waals surface area contributed by atoms with Gasteiger partial charge >= 0.3 is 0 Å². The Balaban J connectivity index is 1.74. The quantitative estimate of drug-likeness (QED) is 0.808. The van der Waals surface area contributed by atoms with Gasteiger partial charge in [0.1, 0.15) is 12.1 Å². The van der Waals surface area contributed by atoms with Gasteiger partial charge in [-0.3, -0.25) is 0 Å². The van der Waals surface area contributed by atoms with E-state index in [0.717, 1.165) is 46.7 Å². The SMILES string of the molecule is Nc1ncnn1C1CCC2(CNc3ncc(Br)c(Cl)c32)C1. The van der Waals surface area contributed by atoms with Gasteiger partial charge in [-0.05, 0) is 35.2 Å². The van der Waals surface area contributed by atoms with Crippen LogP contribution < -0.4 is 11.1 Å². The molecule has 0 amide bonds. The molecule has 2 unspecified atom stereocenters. The van der Waals surface area contributed by atoms with E-state index in [0.29, 0.717) is 5.95 Å². The monoisotopic (exact) mass is 368 g/mol. The summed E-state index contributed by atoms with van der Waals surface area (Å²) in [5.41, 5.74) is 7.01. The fourth-order valence-corrected chi connectivity index (χ4v) is 4.30. The summed E-state index contributed by atoms with van der Waals surface area (Å²) in [7, 11) is 0. The number of pyridine rings is 1. The molecule has 2 aliphatic rings. The average molecular weight is 370 g/mol. The lowest BCUT2D eigenvalue weighted by Crippen LogP contribution is -2.26. The number of halogens is 2. The molecule has 0 saturated heterocycles. The summed E-state index contributed by atoms with van der Waals surface area (Å²) in [6.45, 7) is 0.858. The van der Waals surface area contributed by atoms with Crippen molar-refractivity contribution >= 4 is 39.3 Å². The Morgan fingerprint density at radius 1 is 1.48 bits per heavy atom. The van der Waals surface area contributed by atoms with Gasteiger partial charge in [-0.25, -0.2) is 14.6 Å². The van der Waals surface area contributed by atoms with Gasteiger partial charge in [0.05, 0.1) is 15.5 Å². The molecule has 21 heavy (non-hydrogen) atoms. The van der Waals surface area contributed by atoms with E-state index in [1.54, 1.807) is 6.20 Å². The summed E-state index contributed by atoms with van der Waals surface area (Å²) in [4.78, 5) is 8.46. The van der Waals surface area contributed by atoms with E-state index in [1.807, 2.05) is 4.68 Å². The number of aromatic nitrogens is 4. The minimum absolute atomic E-state index is 0.00620. The number of nitrogens with zero attached hydrogens (tertiary/aromatic N) is 4. The summed E-state index contributed by atoms with van der Waals surface area (Å²) < 4.78 is 2.67. The van der Waals surface area contributed by atoms with Crippen molar-refractivity contribution in [1.82, 2.24) is 19.7 Å². The molecule has 1 fully saturated rings. The standard InChI is InChI=1S/C13H14BrClN6/c14-8-4-17-11-9(10(8)15)13(5-18-11)2-1-7(3-13)21-12(16)19-6-20-21/h4,6-7H,1-3,5H2,(H,17,18)(H2,16,19,20). The van der Waals surface area contributed by atoms with Crippen molar-refractivity contribution in [3.05, 3.63) is 27.6 Å². The van der Waals surface area contributed by atoms with Gasteiger partial charge < -0.3 is 11.1 Å². The molecule has 4 rings (SSSR count). The zero-order valence-corrected chi connectivity index (χ0v) is 13.5. The van der Waals surface area contributed by atoms with Crippen LogP contribution in [0.25, 0.3) is 0 Å². The predicted octanol–water partition coefficient (Wildman–Crippen LogP) is 2.76. The molecule has 8 heteroatoms. The van der Waals surface area contributed by atoms with Crippen molar-refractivity contribution in [3.8, 4) is 0 Å². The molecule has 0 aromatic carbocycles. The summed E-state index contributed by atoms with van der Waals surface area (Å²) in [6.07, 6.45) is 6.24. The lowest BCUT2D eigenvalue weighted by molar-refractivity contribution is 0.422. The zero-order valence-electron chi connectivity index (χ0n) is 11.2. The Bertz CT molecular complexity index is 717. The lowest BCUT2D eigenvalue weighted by atomic mass is 9.81. The number of nitrogens with one attached hydrogen (secondary N) is 1. The van der Waals surface area contributed by atoms with Crippen LogP contribution in [-0.2, 0) is 5.41 Å². The van der Waals surface area contributed by atoms with Gasteiger partial charge in [0.15, 0.2) is 0 Å². The highest BCUT2D eigenvalue weighted by Crippen LogP contribution is 2.54. The van der Waals surface area contributed by atoms with Crippen LogP contribution >= 0.6 is 27.5 Å². The van der Waals surface area contributed by atoms with Gasteiger partial charge in [0, 0.05) is 23.7 Å². The predicted molar refractivity (Wildman–Crippen MR) is 84.4 cm³/mol. The van der Waals surface area contributed by atoms with Crippen molar-refractivity contribution in [1.29, 1.82) is 0 Å². The van der Waals surface area contributed by atoms with E-state index in [2.05, 4.69) is 36.3 Å². The summed E-state index contributed by atoms with van der Waals surface area (Å²) in [5, 5.41) is 8.40. The topological polar surface area (TPSA) is 81.6 Å². The third kappa shape index (κ3) is 1.87. The van der Waals surface area contributed by atoms with Crippen molar-refractivity contribution in [2.24, 2.45) is 0 Å². The van der Waals surface area contributed by atoms with Crippen molar-refractivity contribution in [2.45, 2.75) is 30.7 Å². The maximum Gasteiger partial charge on any atom is 0.218 e. The van der Waals surface area contributed by atoms with E-state index in [-0.39, 0.29) is 11.5 Å². The van der Waals surface area contributed by atoms with Crippen LogP contribution in [0.2, 0.25) is 5.02 Å². The van der Waals surface area contributed by atoms with Crippen LogP contribution in [0, 0.1) is 0 Å². The maximum absolute atomic E-state index is 6.53. The van der Waals surface area contributed by atoms with Crippen LogP contribution in [0.3, 0.4) is 0 Å². The first kappa shape index (κ1) is 13.3. The number of rotatable bonds is 1. The van der Waals surface area contributed by atoms with Crippen molar-refractivity contribution in [3.63, 3.8) is 0 Å². The smallest absolute Gasteiger partial charge is 0.218 e. The van der Waals surface area contributed by atoms with E-state index in [1.165, 1.54) is 6.33 Å². The number of anilines is 2. The highest BCUT2D eigenvalue weighted by Gasteiger charge is 2.48. The number of fused-ring (bicyclic) bond motifs is 2. The molecule has 1 aliphatic carbocycles. The Hall–Kier alpha value is -1.34. The highest BCUT2D eigenvalue weighted by molar-refractivity contribution is 9.10. The lowest BCUT2D eigenvalue weighted by Gasteiger charge is -2.24. The minimum atomic E-state index is 0.00620. The van der Waals surface area contributed by atoms with E-state index in [4.69, 9.17) is 17.3 Å². The highest BCUT2D eigenvalue weighted by atomic mass is 79.9. The molecule has 110 valence electrons. The van der Waals surface area contributed by atoms with Crippen LogP contribution in [0.1, 0.15) is 30.9 Å². The number of hydrogen-bond acceptors (Lipinski definition) is 5. The molecule has 1 spiro atoms. The van der Waals surface area contributed by atoms with Gasteiger partial charge in [-0.2, -0.15) is 5.10 Å². The Kier molecular flexibility index (Phi) is 2.91. The van der Waals surface area contributed by atoms with Crippen LogP contribution in [0.15, 0.2) is 17.0 Å². The number of hydrogen-bond donors (Lipinski definition) is 2. The summed E-state index contributed by atoms with van der Waals surface area (Å²) >= 11 is 10.0. The maximum atomic E-state index is 6.53. The largest absolute Gasteiger partial charge is 0.369 e. The minimum Gasteiger partial charge on any atom is -0.369 e. The van der Waals surface area contributed by atoms with Gasteiger partial charge in [-0.15, -0.1) is 0 Å². The fraction of sp³-hybridized carbons (Fsp3) is 0.462. The second kappa shape index (κ2) is 4.58. The molecule has 3 N–H and O–H groups in total. The fourth-order valence-electron chi connectivity index (χ4n) is 3.66. The number of nitrogen functional groups attached to an aromatic ring is 1. The van der Waals surface area contributed by atoms with E-state index >= 15 is 0 Å². The second-order valence-corrected chi connectivity index (χ2v) is 6.97. The third-order valence-electron chi connectivity index (χ3n) is 4.63. The molecular weight excluding hydrogens is 356 g/mol. The van der Waals surface area contributed by atoms with Crippen LogP contribution in [0.5, 0.6) is 0 Å². The molecule has 6 nitrogen and oxygen atoms in total. The first-order valence-electron chi connectivity index (χ1n) is 6.84. The molecule has 0 radical (unpaired) electrons. The molecule has 1 aliphatic heterocycles. The molecule has 1 saturated carbocycles. The third-order valence-corrected chi connectivity index (χ3v) is 5.85. The van der Waals surface area contributed by atoms with Gasteiger partial charge in [0.2, 0.25) is 5.95 Å². The molecular formula is C13H14BrClN6. The van der Waals surface area contributed by atoms with Crippen LogP contribution in [0.4, 0.5) is 11.8 Å². The van der Waals surface area contributed by atoms with Gasteiger partial charge in [0.25, 0.3) is 0 Å². The molecule has 3 heterocycles. The first-order valence-corrected chi connectivity index (χ1v) is 8.01. The first-order chi connectivity index (χ1) is 10.1. The average Bonchev–Trinajstić information content (AvgIpc) is 3.15. The number of nitrogens with two attached hydrogens (primary N) is 1. The van der Waals surface area contributed by atoms with Crippen molar-refractivity contribution < 1.29 is 0 Å². The normalized spacial score (nSPS) is 27.0. The molecule has 0 bridgehead atoms. The Morgan fingerprint density at radius 2 is 2.33 bits per heavy atom. The van der Waals surface area contributed by atoms with Crippen molar-refractivity contribution in [2.75, 3.05) is 17.6 Å². The Morgan fingerprint density at radius 3 is 3.10 bits per heavy atom. The van der Waals surface area contributed by atoms with E-state index in [9.17, 15) is 0 Å². The molecule has 2 aromatic rings.